The lowest BCUT2D eigenvalue weighted by atomic mass is 9.98. The Morgan fingerprint density at radius 3 is 2.19 bits per heavy atom. The minimum absolute atomic E-state index is 0.0160. The summed E-state index contributed by atoms with van der Waals surface area (Å²) < 4.78 is 15.0. The molecule has 0 fully saturated rings. The van der Waals surface area contributed by atoms with Gasteiger partial charge in [0, 0.05) is 19.5 Å². The molecule has 0 atom stereocenters. The quantitative estimate of drug-likeness (QED) is 0.529. The van der Waals surface area contributed by atoms with Crippen LogP contribution in [0.15, 0.2) is 36.4 Å². The average molecular weight is 427 g/mol. The highest BCUT2D eigenvalue weighted by Crippen LogP contribution is 2.29. The van der Waals surface area contributed by atoms with Gasteiger partial charge >= 0.3 is 17.9 Å². The Bertz CT molecular complexity index is 1010. The molecule has 0 aliphatic rings. The van der Waals surface area contributed by atoms with Crippen molar-refractivity contribution >= 4 is 29.5 Å². The van der Waals surface area contributed by atoms with E-state index in [9.17, 15) is 19.2 Å². The Labute approximate surface area is 180 Å². The van der Waals surface area contributed by atoms with Crippen LogP contribution in [0.2, 0.25) is 0 Å². The maximum absolute atomic E-state index is 12.4. The van der Waals surface area contributed by atoms with Gasteiger partial charge in [-0.2, -0.15) is 0 Å². The Hall–Kier alpha value is -3.68. The van der Waals surface area contributed by atoms with Crippen LogP contribution in [0.25, 0.3) is 0 Å². The number of carbonyl (C=O) groups is 4. The second kappa shape index (κ2) is 10.4. The molecule has 0 saturated heterocycles. The molecule has 0 heterocycles. The van der Waals surface area contributed by atoms with Crippen LogP contribution in [0, 0.1) is 6.92 Å². The molecule has 2 rings (SSSR count). The molecular weight excluding hydrogens is 402 g/mol. The first-order valence-corrected chi connectivity index (χ1v) is 9.65. The minimum Gasteiger partial charge on any atom is -0.452 e. The van der Waals surface area contributed by atoms with Gasteiger partial charge in [0.05, 0.1) is 5.56 Å². The number of para-hydroxylation sites is 1. The lowest BCUT2D eigenvalue weighted by Crippen LogP contribution is -2.22. The number of benzene rings is 2. The van der Waals surface area contributed by atoms with E-state index in [4.69, 9.17) is 14.2 Å². The molecule has 1 amide bonds. The summed E-state index contributed by atoms with van der Waals surface area (Å²) in [5, 5.41) is 2.79. The number of rotatable bonds is 7. The fraction of sp³-hybridized carbons (Fsp3) is 0.304. The van der Waals surface area contributed by atoms with Crippen molar-refractivity contribution in [3.63, 3.8) is 0 Å². The summed E-state index contributed by atoms with van der Waals surface area (Å²) in [6.45, 7) is 7.78. The molecule has 0 aliphatic heterocycles. The second-order valence-electron chi connectivity index (χ2n) is 7.17. The van der Waals surface area contributed by atoms with Gasteiger partial charge in [0.2, 0.25) is 0 Å². The Morgan fingerprint density at radius 2 is 1.58 bits per heavy atom. The van der Waals surface area contributed by atoms with Crippen LogP contribution >= 0.6 is 0 Å². The summed E-state index contributed by atoms with van der Waals surface area (Å²) >= 11 is 0. The number of ether oxygens (including phenoxy) is 3. The highest BCUT2D eigenvalue weighted by Gasteiger charge is 2.18. The number of carbonyl (C=O) groups excluding carboxylic acids is 4. The van der Waals surface area contributed by atoms with Gasteiger partial charge in [-0.25, -0.2) is 4.79 Å². The maximum Gasteiger partial charge on any atom is 0.338 e. The summed E-state index contributed by atoms with van der Waals surface area (Å²) in [5.74, 6) is -2.48. The molecule has 0 aliphatic carbocycles. The number of aryl methyl sites for hydroxylation is 1. The molecule has 0 saturated carbocycles. The smallest absolute Gasteiger partial charge is 0.338 e. The van der Waals surface area contributed by atoms with E-state index >= 15 is 0 Å². The predicted molar refractivity (Wildman–Crippen MR) is 113 cm³/mol. The molecule has 8 nitrogen and oxygen atoms in total. The first-order valence-electron chi connectivity index (χ1n) is 9.65. The van der Waals surface area contributed by atoms with Crippen molar-refractivity contribution in [2.45, 2.75) is 40.5 Å². The largest absolute Gasteiger partial charge is 0.452 e. The zero-order valence-corrected chi connectivity index (χ0v) is 18.1. The molecule has 2 aromatic rings. The number of anilines is 1. The summed E-state index contributed by atoms with van der Waals surface area (Å²) in [6, 6.07) is 9.58. The first-order chi connectivity index (χ1) is 14.6. The van der Waals surface area contributed by atoms with Gasteiger partial charge in [-0.05, 0) is 42.2 Å². The molecule has 31 heavy (non-hydrogen) atoms. The molecule has 8 heteroatoms. The fourth-order valence-corrected chi connectivity index (χ4v) is 2.84. The summed E-state index contributed by atoms with van der Waals surface area (Å²) in [4.78, 5) is 47.2. The number of amides is 1. The Morgan fingerprint density at radius 1 is 0.935 bits per heavy atom. The van der Waals surface area contributed by atoms with Crippen LogP contribution in [0.5, 0.6) is 11.5 Å². The Balaban J connectivity index is 2.09. The molecule has 0 unspecified atom stereocenters. The lowest BCUT2D eigenvalue weighted by molar-refractivity contribution is -0.134. The summed E-state index contributed by atoms with van der Waals surface area (Å²) in [6.07, 6.45) is 0. The van der Waals surface area contributed by atoms with Gasteiger partial charge in [0.25, 0.3) is 5.91 Å². The van der Waals surface area contributed by atoms with Gasteiger partial charge in [0.15, 0.2) is 18.1 Å². The van der Waals surface area contributed by atoms with Crippen molar-refractivity contribution < 1.29 is 33.4 Å². The summed E-state index contributed by atoms with van der Waals surface area (Å²) in [7, 11) is 0. The van der Waals surface area contributed by atoms with Crippen LogP contribution < -0.4 is 14.8 Å². The van der Waals surface area contributed by atoms with Crippen LogP contribution in [-0.4, -0.2) is 30.4 Å². The van der Waals surface area contributed by atoms with E-state index in [1.54, 1.807) is 0 Å². The van der Waals surface area contributed by atoms with E-state index < -0.39 is 30.4 Å². The Kier molecular flexibility index (Phi) is 7.90. The standard InChI is InChI=1S/C23H25NO7/c1-13(2)18-8-6-7-14(3)22(18)24-21(27)12-29-23(28)17-9-10-19(30-15(4)25)20(11-17)31-16(5)26/h6-11,13H,12H2,1-5H3,(H,24,27). The van der Waals surface area contributed by atoms with E-state index in [1.165, 1.54) is 32.0 Å². The lowest BCUT2D eigenvalue weighted by Gasteiger charge is -2.16. The third-order valence-corrected chi connectivity index (χ3v) is 4.21. The molecule has 0 radical (unpaired) electrons. The van der Waals surface area contributed by atoms with Gasteiger partial charge in [-0.3, -0.25) is 14.4 Å². The molecule has 0 bridgehead atoms. The van der Waals surface area contributed by atoms with E-state index in [-0.39, 0.29) is 23.0 Å². The predicted octanol–water partition coefficient (Wildman–Crippen LogP) is 3.76. The number of nitrogens with one attached hydrogen (secondary N) is 1. The van der Waals surface area contributed by atoms with Crippen LogP contribution in [0.1, 0.15) is 55.1 Å². The zero-order valence-electron chi connectivity index (χ0n) is 18.1. The van der Waals surface area contributed by atoms with Crippen molar-refractivity contribution in [1.82, 2.24) is 0 Å². The van der Waals surface area contributed by atoms with Crippen LogP contribution in [0.3, 0.4) is 0 Å². The molecule has 2 aromatic carbocycles. The van der Waals surface area contributed by atoms with E-state index in [0.29, 0.717) is 5.69 Å². The van der Waals surface area contributed by atoms with Crippen molar-refractivity contribution in [2.75, 3.05) is 11.9 Å². The molecule has 0 aromatic heterocycles. The zero-order chi connectivity index (χ0) is 23.1. The topological polar surface area (TPSA) is 108 Å². The second-order valence-corrected chi connectivity index (χ2v) is 7.17. The van der Waals surface area contributed by atoms with Crippen molar-refractivity contribution in [2.24, 2.45) is 0 Å². The molecule has 1 N–H and O–H groups in total. The van der Waals surface area contributed by atoms with Gasteiger partial charge in [0.1, 0.15) is 0 Å². The fourth-order valence-electron chi connectivity index (χ4n) is 2.84. The molecule has 164 valence electrons. The minimum atomic E-state index is -0.799. The number of hydrogen-bond acceptors (Lipinski definition) is 7. The van der Waals surface area contributed by atoms with E-state index in [0.717, 1.165) is 11.1 Å². The third kappa shape index (κ3) is 6.67. The van der Waals surface area contributed by atoms with Crippen molar-refractivity contribution in [1.29, 1.82) is 0 Å². The third-order valence-electron chi connectivity index (χ3n) is 4.21. The van der Waals surface area contributed by atoms with E-state index in [1.807, 2.05) is 39.0 Å². The SMILES string of the molecule is CC(=O)Oc1ccc(C(=O)OCC(=O)Nc2c(C)cccc2C(C)C)cc1OC(C)=O. The highest BCUT2D eigenvalue weighted by molar-refractivity contribution is 5.96. The van der Waals surface area contributed by atoms with E-state index in [2.05, 4.69) is 5.32 Å². The summed E-state index contributed by atoms with van der Waals surface area (Å²) in [5.41, 5.74) is 2.60. The van der Waals surface area contributed by atoms with Crippen molar-refractivity contribution in [3.8, 4) is 11.5 Å². The number of hydrogen-bond donors (Lipinski definition) is 1. The maximum atomic E-state index is 12.4. The molecule has 0 spiro atoms. The van der Waals surface area contributed by atoms with Gasteiger partial charge < -0.3 is 19.5 Å². The number of esters is 3. The normalized spacial score (nSPS) is 10.4. The van der Waals surface area contributed by atoms with Crippen molar-refractivity contribution in [3.05, 3.63) is 53.1 Å². The van der Waals surface area contributed by atoms with Gasteiger partial charge in [-0.15, -0.1) is 0 Å². The highest BCUT2D eigenvalue weighted by atomic mass is 16.6. The van der Waals surface area contributed by atoms with Crippen LogP contribution in [-0.2, 0) is 19.1 Å². The molecular formula is C23H25NO7. The first kappa shape index (κ1) is 23.6. The monoisotopic (exact) mass is 427 g/mol. The van der Waals surface area contributed by atoms with Gasteiger partial charge in [-0.1, -0.05) is 32.0 Å². The average Bonchev–Trinajstić information content (AvgIpc) is 2.68. The van der Waals surface area contributed by atoms with Crippen LogP contribution in [0.4, 0.5) is 5.69 Å².